The number of rotatable bonds is 3. The van der Waals surface area contributed by atoms with Crippen molar-refractivity contribution in [1.29, 1.82) is 0 Å². The Morgan fingerprint density at radius 1 is 1.33 bits per heavy atom. The highest BCUT2D eigenvalue weighted by atomic mass is 19.1. The molecule has 100 valence electrons. The van der Waals surface area contributed by atoms with Gasteiger partial charge in [-0.1, -0.05) is 12.1 Å². The van der Waals surface area contributed by atoms with E-state index >= 15 is 0 Å². The molecule has 3 heteroatoms. The zero-order valence-electron chi connectivity index (χ0n) is 11.6. The Balaban J connectivity index is 2.39. The molecule has 2 rings (SSSR count). The molecule has 0 aromatic heterocycles. The maximum Gasteiger partial charge on any atom is 0.129 e. The summed E-state index contributed by atoms with van der Waals surface area (Å²) in [6.45, 7) is 6.58. The molecule has 1 aromatic rings. The number of aryl methyl sites for hydroxylation is 2. The molecule has 2 unspecified atom stereocenters. The normalized spacial score (nSPS) is 25.4. The largest absolute Gasteiger partial charge is 0.373 e. The van der Waals surface area contributed by atoms with Crippen LogP contribution in [-0.2, 0) is 4.74 Å². The molecule has 1 N–H and O–H groups in total. The van der Waals surface area contributed by atoms with Crippen LogP contribution in [0.25, 0.3) is 0 Å². The van der Waals surface area contributed by atoms with Crippen LogP contribution in [0.1, 0.15) is 42.5 Å². The van der Waals surface area contributed by atoms with Crippen molar-refractivity contribution in [2.75, 3.05) is 13.7 Å². The number of nitrogens with one attached hydrogen (secondary N) is 1. The third-order valence-corrected chi connectivity index (χ3v) is 3.94. The average molecular weight is 251 g/mol. The Hall–Kier alpha value is -0.930. The Bertz CT molecular complexity index is 415. The minimum Gasteiger partial charge on any atom is -0.373 e. The van der Waals surface area contributed by atoms with Crippen molar-refractivity contribution < 1.29 is 9.13 Å². The summed E-state index contributed by atoms with van der Waals surface area (Å²) >= 11 is 0. The summed E-state index contributed by atoms with van der Waals surface area (Å²) in [7, 11) is 1.94. The topological polar surface area (TPSA) is 21.3 Å². The first-order chi connectivity index (χ1) is 8.48. The second kappa shape index (κ2) is 4.98. The van der Waals surface area contributed by atoms with Crippen molar-refractivity contribution in [3.05, 3.63) is 34.6 Å². The molecule has 1 fully saturated rings. The van der Waals surface area contributed by atoms with Crippen LogP contribution in [-0.4, -0.2) is 19.3 Å². The number of hydrogen-bond donors (Lipinski definition) is 1. The summed E-state index contributed by atoms with van der Waals surface area (Å²) in [6.07, 6.45) is 2.13. The van der Waals surface area contributed by atoms with Crippen molar-refractivity contribution in [2.45, 2.75) is 45.3 Å². The average Bonchev–Trinajstić information content (AvgIpc) is 2.74. The van der Waals surface area contributed by atoms with E-state index in [2.05, 4.69) is 12.2 Å². The second-order valence-corrected chi connectivity index (χ2v) is 5.46. The number of ether oxygens (including phenoxy) is 1. The monoisotopic (exact) mass is 251 g/mol. The van der Waals surface area contributed by atoms with Gasteiger partial charge in [-0.25, -0.2) is 4.39 Å². The van der Waals surface area contributed by atoms with E-state index in [1.54, 1.807) is 0 Å². The second-order valence-electron chi connectivity index (χ2n) is 5.46. The van der Waals surface area contributed by atoms with E-state index in [0.717, 1.165) is 25.0 Å². The number of likely N-dealkylation sites (N-methyl/N-ethyl adjacent to an activating group) is 1. The van der Waals surface area contributed by atoms with Gasteiger partial charge in [0.05, 0.1) is 11.6 Å². The van der Waals surface area contributed by atoms with Crippen molar-refractivity contribution in [3.63, 3.8) is 0 Å². The molecule has 1 heterocycles. The molecule has 18 heavy (non-hydrogen) atoms. The van der Waals surface area contributed by atoms with Crippen molar-refractivity contribution >= 4 is 0 Å². The summed E-state index contributed by atoms with van der Waals surface area (Å²) < 4.78 is 19.6. The quantitative estimate of drug-likeness (QED) is 0.890. The van der Waals surface area contributed by atoms with E-state index in [4.69, 9.17) is 4.74 Å². The van der Waals surface area contributed by atoms with Gasteiger partial charge in [0.25, 0.3) is 0 Å². The van der Waals surface area contributed by atoms with Crippen LogP contribution in [0.3, 0.4) is 0 Å². The summed E-state index contributed by atoms with van der Waals surface area (Å²) in [5, 5.41) is 3.33. The number of benzene rings is 1. The summed E-state index contributed by atoms with van der Waals surface area (Å²) in [5.41, 5.74) is 2.32. The first-order valence-corrected chi connectivity index (χ1v) is 6.56. The van der Waals surface area contributed by atoms with Gasteiger partial charge in [-0.2, -0.15) is 0 Å². The summed E-state index contributed by atoms with van der Waals surface area (Å²) in [6, 6.07) is 3.96. The molecule has 1 aliphatic rings. The summed E-state index contributed by atoms with van der Waals surface area (Å²) in [5.74, 6) is -0.105. The van der Waals surface area contributed by atoms with Crippen LogP contribution in [0.5, 0.6) is 0 Å². The van der Waals surface area contributed by atoms with E-state index in [0.29, 0.717) is 11.1 Å². The highest BCUT2D eigenvalue weighted by Crippen LogP contribution is 2.37. The minimum absolute atomic E-state index is 0.105. The van der Waals surface area contributed by atoms with Crippen LogP contribution in [0.15, 0.2) is 12.1 Å². The fourth-order valence-electron chi connectivity index (χ4n) is 3.00. The Kier molecular flexibility index (Phi) is 3.74. The smallest absolute Gasteiger partial charge is 0.129 e. The van der Waals surface area contributed by atoms with Crippen LogP contribution < -0.4 is 5.32 Å². The molecular formula is C15H22FNO. The Morgan fingerprint density at radius 2 is 1.94 bits per heavy atom. The summed E-state index contributed by atoms with van der Waals surface area (Å²) in [4.78, 5) is 0. The maximum absolute atomic E-state index is 13.7. The van der Waals surface area contributed by atoms with Gasteiger partial charge in [0.2, 0.25) is 0 Å². The van der Waals surface area contributed by atoms with Gasteiger partial charge < -0.3 is 10.1 Å². The predicted molar refractivity (Wildman–Crippen MR) is 71.3 cm³/mol. The molecule has 1 aliphatic heterocycles. The molecule has 0 bridgehead atoms. The lowest BCUT2D eigenvalue weighted by Gasteiger charge is -2.34. The first-order valence-electron chi connectivity index (χ1n) is 6.56. The SMILES string of the molecule is CNC(c1cc(C)c(F)c(C)c1)C1(C)CCCO1. The van der Waals surface area contributed by atoms with Crippen molar-refractivity contribution in [3.8, 4) is 0 Å². The standard InChI is InChI=1S/C15H22FNO/c1-10-8-12(9-11(2)13(10)16)14(17-4)15(3)6-5-7-18-15/h8-9,14,17H,5-7H2,1-4H3. The van der Waals surface area contributed by atoms with Gasteiger partial charge in [0.1, 0.15) is 5.82 Å². The minimum atomic E-state index is -0.189. The zero-order valence-corrected chi connectivity index (χ0v) is 11.6. The van der Waals surface area contributed by atoms with Gasteiger partial charge in [-0.3, -0.25) is 0 Å². The first kappa shape index (κ1) is 13.5. The van der Waals surface area contributed by atoms with Crippen LogP contribution in [0.4, 0.5) is 4.39 Å². The van der Waals surface area contributed by atoms with E-state index in [-0.39, 0.29) is 17.5 Å². The Labute approximate surface area is 109 Å². The highest BCUT2D eigenvalue weighted by molar-refractivity contribution is 5.33. The fraction of sp³-hybridized carbons (Fsp3) is 0.600. The lowest BCUT2D eigenvalue weighted by Crippen LogP contribution is -2.39. The molecule has 0 aliphatic carbocycles. The zero-order chi connectivity index (χ0) is 13.3. The molecule has 1 saturated heterocycles. The van der Waals surface area contributed by atoms with Gasteiger partial charge in [0.15, 0.2) is 0 Å². The Morgan fingerprint density at radius 3 is 2.39 bits per heavy atom. The lowest BCUT2D eigenvalue weighted by atomic mass is 9.86. The molecule has 0 radical (unpaired) electrons. The van der Waals surface area contributed by atoms with E-state index in [1.807, 2.05) is 33.0 Å². The van der Waals surface area contributed by atoms with Crippen molar-refractivity contribution in [1.82, 2.24) is 5.32 Å². The lowest BCUT2D eigenvalue weighted by molar-refractivity contribution is -0.0105. The van der Waals surface area contributed by atoms with Crippen LogP contribution in [0, 0.1) is 19.7 Å². The molecule has 2 nitrogen and oxygen atoms in total. The van der Waals surface area contributed by atoms with Crippen LogP contribution in [0.2, 0.25) is 0 Å². The predicted octanol–water partition coefficient (Wildman–Crippen LogP) is 3.27. The third kappa shape index (κ3) is 2.29. The van der Waals surface area contributed by atoms with E-state index < -0.39 is 0 Å². The van der Waals surface area contributed by atoms with Gasteiger partial charge in [-0.15, -0.1) is 0 Å². The van der Waals surface area contributed by atoms with Crippen molar-refractivity contribution in [2.24, 2.45) is 0 Å². The number of halogens is 1. The van der Waals surface area contributed by atoms with E-state index in [9.17, 15) is 4.39 Å². The maximum atomic E-state index is 13.7. The molecular weight excluding hydrogens is 229 g/mol. The van der Waals surface area contributed by atoms with E-state index in [1.165, 1.54) is 0 Å². The van der Waals surface area contributed by atoms with Crippen LogP contribution >= 0.6 is 0 Å². The molecule has 2 atom stereocenters. The number of hydrogen-bond acceptors (Lipinski definition) is 2. The fourth-order valence-corrected chi connectivity index (χ4v) is 3.00. The van der Waals surface area contributed by atoms with Gasteiger partial charge in [-0.05, 0) is 57.4 Å². The highest BCUT2D eigenvalue weighted by Gasteiger charge is 2.38. The van der Waals surface area contributed by atoms with Gasteiger partial charge >= 0.3 is 0 Å². The molecule has 0 amide bonds. The molecule has 0 spiro atoms. The molecule has 1 aromatic carbocycles. The van der Waals surface area contributed by atoms with Gasteiger partial charge in [0, 0.05) is 6.61 Å². The third-order valence-electron chi connectivity index (χ3n) is 3.94. The molecule has 0 saturated carbocycles.